The van der Waals surface area contributed by atoms with Crippen LogP contribution in [-0.4, -0.2) is 29.8 Å². The third kappa shape index (κ3) is 2.50. The van der Waals surface area contributed by atoms with Crippen LogP contribution in [-0.2, 0) is 19.1 Å². The van der Waals surface area contributed by atoms with E-state index in [0.29, 0.717) is 24.7 Å². The Morgan fingerprint density at radius 3 is 2.50 bits per heavy atom. The number of esters is 1. The van der Waals surface area contributed by atoms with E-state index in [9.17, 15) is 18.8 Å². The molecule has 154 valence electrons. The van der Waals surface area contributed by atoms with Gasteiger partial charge in [-0.3, -0.25) is 14.4 Å². The van der Waals surface area contributed by atoms with Crippen LogP contribution in [0.3, 0.4) is 0 Å². The molecule has 0 unspecified atom stereocenters. The number of Topliss-reactive ketones (excluding diaryl/α,β-unsaturated/α-hetero) is 1. The Morgan fingerprint density at radius 1 is 1.11 bits per heavy atom. The number of hydrogen-bond donors (Lipinski definition) is 0. The number of alkyl halides is 1. The maximum absolute atomic E-state index is 13.5. The fourth-order valence-corrected chi connectivity index (χ4v) is 7.59. The van der Waals surface area contributed by atoms with E-state index in [0.717, 1.165) is 38.5 Å². The average Bonchev–Trinajstić information content (AvgIpc) is 2.94. The Hall–Kier alpha value is -1.52. The smallest absolute Gasteiger partial charge is 0.303 e. The summed E-state index contributed by atoms with van der Waals surface area (Å²) in [6.07, 6.45) is 8.24. The number of fused-ring (bicyclic) bond motifs is 5. The summed E-state index contributed by atoms with van der Waals surface area (Å²) in [5.74, 6) is 0.327. The van der Waals surface area contributed by atoms with E-state index in [4.69, 9.17) is 4.74 Å². The first-order valence-corrected chi connectivity index (χ1v) is 10.7. The molecule has 3 saturated carbocycles. The van der Waals surface area contributed by atoms with E-state index < -0.39 is 29.4 Å². The molecule has 3 fully saturated rings. The largest absolute Gasteiger partial charge is 0.451 e. The van der Waals surface area contributed by atoms with Gasteiger partial charge in [0.15, 0.2) is 18.1 Å². The predicted octanol–water partition coefficient (Wildman–Crippen LogP) is 4.36. The quantitative estimate of drug-likeness (QED) is 0.672. The Morgan fingerprint density at radius 2 is 1.82 bits per heavy atom. The summed E-state index contributed by atoms with van der Waals surface area (Å²) in [5, 5.41) is 0. The molecule has 0 amide bonds. The van der Waals surface area contributed by atoms with Crippen molar-refractivity contribution in [1.82, 2.24) is 0 Å². The number of hydrogen-bond acceptors (Lipinski definition) is 4. The molecule has 5 heteroatoms. The second kappa shape index (κ2) is 6.50. The van der Waals surface area contributed by atoms with Gasteiger partial charge in [-0.15, -0.1) is 0 Å². The van der Waals surface area contributed by atoms with Crippen LogP contribution in [0.2, 0.25) is 0 Å². The van der Waals surface area contributed by atoms with Gasteiger partial charge in [0.1, 0.15) is 0 Å². The first-order chi connectivity index (χ1) is 13.2. The molecule has 6 atom stereocenters. The van der Waals surface area contributed by atoms with Gasteiger partial charge in [-0.05, 0) is 74.2 Å². The molecular weight excluding hydrogens is 359 g/mol. The summed E-state index contributed by atoms with van der Waals surface area (Å²) in [6, 6.07) is 0. The Bertz CT molecular complexity index is 758. The van der Waals surface area contributed by atoms with E-state index in [1.165, 1.54) is 12.5 Å². The van der Waals surface area contributed by atoms with Crippen LogP contribution in [0.25, 0.3) is 0 Å². The molecule has 0 aromatic rings. The molecule has 4 aliphatic rings. The average molecular weight is 390 g/mol. The minimum atomic E-state index is -1.32. The lowest BCUT2D eigenvalue weighted by atomic mass is 9.46. The van der Waals surface area contributed by atoms with Crippen LogP contribution in [0.5, 0.6) is 0 Å². The summed E-state index contributed by atoms with van der Waals surface area (Å²) < 4.78 is 19.2. The molecule has 0 bridgehead atoms. The SMILES string of the molecule is CC(=O)O[C@]1(C(=O)CF)CC[C@H]2[C@@H]3CCC4=CC(=O)CC[C@]4(C)[C@H]3CC[C@@]21C. The van der Waals surface area contributed by atoms with Gasteiger partial charge in [-0.2, -0.15) is 0 Å². The second-order valence-corrected chi connectivity index (χ2v) is 9.94. The third-order valence-electron chi connectivity index (χ3n) is 8.97. The second-order valence-electron chi connectivity index (χ2n) is 9.94. The van der Waals surface area contributed by atoms with E-state index in [1.807, 2.05) is 6.08 Å². The summed E-state index contributed by atoms with van der Waals surface area (Å²) in [7, 11) is 0. The summed E-state index contributed by atoms with van der Waals surface area (Å²) in [4.78, 5) is 36.5. The molecule has 4 rings (SSSR count). The monoisotopic (exact) mass is 390 g/mol. The van der Waals surface area contributed by atoms with Gasteiger partial charge in [0, 0.05) is 18.8 Å². The minimum Gasteiger partial charge on any atom is -0.451 e. The summed E-state index contributed by atoms with van der Waals surface area (Å²) in [5.41, 5.74) is -0.472. The lowest BCUT2D eigenvalue weighted by molar-refractivity contribution is -0.188. The molecule has 28 heavy (non-hydrogen) atoms. The van der Waals surface area contributed by atoms with Crippen LogP contribution in [0.15, 0.2) is 11.6 Å². The molecule has 4 aliphatic carbocycles. The standard InChI is InChI=1S/C23H31FO4/c1-14(25)28-23(20(27)13-24)11-8-19-17-5-4-15-12-16(26)6-9-21(15,2)18(17)7-10-22(19,23)3/h12,17-19H,4-11,13H2,1-3H3/t17-,18+,19+,21+,22+,23+/m1/s1. The molecule has 0 aliphatic heterocycles. The normalized spacial score (nSPS) is 44.8. The van der Waals surface area contributed by atoms with Crippen molar-refractivity contribution in [3.05, 3.63) is 11.6 Å². The fraction of sp³-hybridized carbons (Fsp3) is 0.783. The Balaban J connectivity index is 1.70. The van der Waals surface area contributed by atoms with Crippen LogP contribution in [0.1, 0.15) is 72.1 Å². The number of carbonyl (C=O) groups excluding carboxylic acids is 3. The number of allylic oxidation sites excluding steroid dienone is 1. The Labute approximate surface area is 166 Å². The number of carbonyl (C=O) groups is 3. The highest BCUT2D eigenvalue weighted by molar-refractivity contribution is 5.92. The molecule has 0 heterocycles. The zero-order valence-corrected chi connectivity index (χ0v) is 17.2. The van der Waals surface area contributed by atoms with Crippen molar-refractivity contribution in [3.63, 3.8) is 0 Å². The molecular formula is C23H31FO4. The Kier molecular flexibility index (Phi) is 4.59. The van der Waals surface area contributed by atoms with Crippen molar-refractivity contribution >= 4 is 17.5 Å². The van der Waals surface area contributed by atoms with Gasteiger partial charge in [-0.25, -0.2) is 4.39 Å². The predicted molar refractivity (Wildman–Crippen MR) is 102 cm³/mol. The van der Waals surface area contributed by atoms with E-state index in [-0.39, 0.29) is 17.1 Å². The maximum Gasteiger partial charge on any atom is 0.303 e. The number of halogens is 1. The van der Waals surface area contributed by atoms with Crippen molar-refractivity contribution < 1.29 is 23.5 Å². The lowest BCUT2D eigenvalue weighted by Gasteiger charge is -2.59. The molecule has 0 spiro atoms. The van der Waals surface area contributed by atoms with E-state index in [2.05, 4.69) is 13.8 Å². The lowest BCUT2D eigenvalue weighted by Crippen LogP contribution is -2.59. The van der Waals surface area contributed by atoms with Gasteiger partial charge in [0.05, 0.1) is 0 Å². The summed E-state index contributed by atoms with van der Waals surface area (Å²) >= 11 is 0. The number of rotatable bonds is 3. The van der Waals surface area contributed by atoms with Crippen molar-refractivity contribution in [1.29, 1.82) is 0 Å². The first-order valence-electron chi connectivity index (χ1n) is 10.7. The highest BCUT2D eigenvalue weighted by Gasteiger charge is 2.68. The van der Waals surface area contributed by atoms with Gasteiger partial charge >= 0.3 is 5.97 Å². The number of ether oxygens (including phenoxy) is 1. The molecule has 0 aromatic carbocycles. The van der Waals surface area contributed by atoms with Crippen LogP contribution in [0.4, 0.5) is 4.39 Å². The van der Waals surface area contributed by atoms with E-state index >= 15 is 0 Å². The highest BCUT2D eigenvalue weighted by atomic mass is 19.1. The van der Waals surface area contributed by atoms with Gasteiger partial charge in [0.25, 0.3) is 0 Å². The molecule has 0 aromatic heterocycles. The van der Waals surface area contributed by atoms with Crippen molar-refractivity contribution in [2.75, 3.05) is 6.67 Å². The van der Waals surface area contributed by atoms with Crippen LogP contribution in [0, 0.1) is 28.6 Å². The van der Waals surface area contributed by atoms with Gasteiger partial charge in [0.2, 0.25) is 5.78 Å². The first kappa shape index (κ1) is 19.8. The van der Waals surface area contributed by atoms with Gasteiger partial charge in [-0.1, -0.05) is 19.4 Å². The molecule has 0 N–H and O–H groups in total. The van der Waals surface area contributed by atoms with Crippen LogP contribution >= 0.6 is 0 Å². The van der Waals surface area contributed by atoms with Crippen molar-refractivity contribution in [3.8, 4) is 0 Å². The zero-order chi connectivity index (χ0) is 20.3. The number of ketones is 2. The van der Waals surface area contributed by atoms with Gasteiger partial charge < -0.3 is 4.74 Å². The maximum atomic E-state index is 13.5. The summed E-state index contributed by atoms with van der Waals surface area (Å²) in [6.45, 7) is 4.59. The van der Waals surface area contributed by atoms with Crippen molar-refractivity contribution in [2.24, 2.45) is 28.6 Å². The highest BCUT2D eigenvalue weighted by Crippen LogP contribution is 2.68. The fourth-order valence-electron chi connectivity index (χ4n) is 7.59. The minimum absolute atomic E-state index is 0.0505. The molecule has 0 radical (unpaired) electrons. The molecule has 4 nitrogen and oxygen atoms in total. The van der Waals surface area contributed by atoms with Crippen LogP contribution < -0.4 is 0 Å². The topological polar surface area (TPSA) is 60.4 Å². The van der Waals surface area contributed by atoms with Crippen molar-refractivity contribution in [2.45, 2.75) is 77.7 Å². The molecule has 0 saturated heterocycles. The third-order valence-corrected chi connectivity index (χ3v) is 8.97. The zero-order valence-electron chi connectivity index (χ0n) is 17.2. The van der Waals surface area contributed by atoms with E-state index in [1.54, 1.807) is 0 Å².